The highest BCUT2D eigenvalue weighted by molar-refractivity contribution is 6.33. The molecule has 0 spiro atoms. The molecule has 2 N–H and O–H groups in total. The molecule has 0 amide bonds. The van der Waals surface area contributed by atoms with Crippen molar-refractivity contribution in [2.75, 3.05) is 11.9 Å². The van der Waals surface area contributed by atoms with Crippen LogP contribution in [0.4, 0.5) is 5.69 Å². The number of pyridine rings is 1. The van der Waals surface area contributed by atoms with Gasteiger partial charge in [-0.15, -0.1) is 0 Å². The van der Waals surface area contributed by atoms with E-state index in [9.17, 15) is 0 Å². The van der Waals surface area contributed by atoms with E-state index in [1.807, 2.05) is 24.4 Å². The average molecular weight is 304 g/mol. The van der Waals surface area contributed by atoms with Gasteiger partial charge < -0.3 is 10.6 Å². The lowest BCUT2D eigenvalue weighted by atomic mass is 10.0. The van der Waals surface area contributed by atoms with E-state index in [1.54, 1.807) is 6.20 Å². The van der Waals surface area contributed by atoms with Gasteiger partial charge >= 0.3 is 0 Å². The van der Waals surface area contributed by atoms with Crippen LogP contribution in [0.1, 0.15) is 24.5 Å². The summed E-state index contributed by atoms with van der Waals surface area (Å²) in [5.41, 5.74) is 9.52. The standard InChI is InChI=1S/C17H22ClN3/c1-3-15(19)10-14-7-4-8-16(18)17(14)21(2)12-13-6-5-9-20-11-13/h4-9,11,15H,3,10,12,19H2,1-2H3. The van der Waals surface area contributed by atoms with Crippen LogP contribution in [0.3, 0.4) is 0 Å². The number of rotatable bonds is 6. The summed E-state index contributed by atoms with van der Waals surface area (Å²) in [4.78, 5) is 6.32. The summed E-state index contributed by atoms with van der Waals surface area (Å²) >= 11 is 6.42. The molecule has 21 heavy (non-hydrogen) atoms. The third-order valence-corrected chi connectivity index (χ3v) is 3.91. The highest BCUT2D eigenvalue weighted by Gasteiger charge is 2.14. The SMILES string of the molecule is CCC(N)Cc1cccc(Cl)c1N(C)Cc1cccnc1. The molecule has 2 aromatic rings. The van der Waals surface area contributed by atoms with Crippen molar-refractivity contribution in [1.82, 2.24) is 4.98 Å². The first-order valence-corrected chi connectivity index (χ1v) is 7.62. The molecule has 1 unspecified atom stereocenters. The summed E-state index contributed by atoms with van der Waals surface area (Å²) in [6.45, 7) is 2.88. The second kappa shape index (κ2) is 7.43. The molecule has 0 bridgehead atoms. The smallest absolute Gasteiger partial charge is 0.0642 e. The molecule has 1 aromatic heterocycles. The van der Waals surface area contributed by atoms with E-state index in [4.69, 9.17) is 17.3 Å². The summed E-state index contributed by atoms with van der Waals surface area (Å²) in [6.07, 6.45) is 5.46. The van der Waals surface area contributed by atoms with Gasteiger partial charge in [0.2, 0.25) is 0 Å². The Morgan fingerprint density at radius 3 is 2.76 bits per heavy atom. The van der Waals surface area contributed by atoms with Crippen LogP contribution in [-0.2, 0) is 13.0 Å². The van der Waals surface area contributed by atoms with Gasteiger partial charge in [0.15, 0.2) is 0 Å². The molecule has 2 rings (SSSR count). The quantitative estimate of drug-likeness (QED) is 0.885. The van der Waals surface area contributed by atoms with Crippen LogP contribution in [0.5, 0.6) is 0 Å². The normalized spacial score (nSPS) is 12.2. The highest BCUT2D eigenvalue weighted by Crippen LogP contribution is 2.31. The molecule has 3 nitrogen and oxygen atoms in total. The van der Waals surface area contributed by atoms with Crippen LogP contribution in [-0.4, -0.2) is 18.1 Å². The minimum absolute atomic E-state index is 0.161. The predicted octanol–water partition coefficient (Wildman–Crippen LogP) is 3.65. The number of hydrogen-bond acceptors (Lipinski definition) is 3. The Morgan fingerprint density at radius 2 is 2.10 bits per heavy atom. The van der Waals surface area contributed by atoms with Crippen molar-refractivity contribution in [3.05, 3.63) is 58.9 Å². The van der Waals surface area contributed by atoms with Crippen molar-refractivity contribution in [2.45, 2.75) is 32.4 Å². The maximum absolute atomic E-state index is 6.42. The van der Waals surface area contributed by atoms with Gasteiger partial charge in [-0.05, 0) is 36.1 Å². The van der Waals surface area contributed by atoms with Crippen molar-refractivity contribution >= 4 is 17.3 Å². The first-order valence-electron chi connectivity index (χ1n) is 7.24. The lowest BCUT2D eigenvalue weighted by Crippen LogP contribution is -2.24. The Kier molecular flexibility index (Phi) is 5.59. The summed E-state index contributed by atoms with van der Waals surface area (Å²) in [6, 6.07) is 10.2. The first kappa shape index (κ1) is 15.8. The predicted molar refractivity (Wildman–Crippen MR) is 89.8 cm³/mol. The summed E-state index contributed by atoms with van der Waals surface area (Å²) < 4.78 is 0. The fraction of sp³-hybridized carbons (Fsp3) is 0.353. The van der Waals surface area contributed by atoms with Crippen molar-refractivity contribution in [1.29, 1.82) is 0 Å². The molecule has 1 heterocycles. The molecule has 112 valence electrons. The Labute approximate surface area is 131 Å². The zero-order chi connectivity index (χ0) is 15.2. The van der Waals surface area contributed by atoms with Gasteiger partial charge in [-0.25, -0.2) is 0 Å². The summed E-state index contributed by atoms with van der Waals surface area (Å²) in [7, 11) is 2.05. The van der Waals surface area contributed by atoms with Gasteiger partial charge in [0, 0.05) is 32.0 Å². The summed E-state index contributed by atoms with van der Waals surface area (Å²) in [5, 5.41) is 0.766. The Hall–Kier alpha value is -1.58. The maximum Gasteiger partial charge on any atom is 0.0642 e. The molecular weight excluding hydrogens is 282 g/mol. The molecule has 0 saturated heterocycles. The van der Waals surface area contributed by atoms with E-state index < -0.39 is 0 Å². The van der Waals surface area contributed by atoms with Gasteiger partial charge in [0.1, 0.15) is 0 Å². The zero-order valence-corrected chi connectivity index (χ0v) is 13.3. The monoisotopic (exact) mass is 303 g/mol. The van der Waals surface area contributed by atoms with Crippen LogP contribution < -0.4 is 10.6 Å². The lowest BCUT2D eigenvalue weighted by molar-refractivity contribution is 0.645. The van der Waals surface area contributed by atoms with Crippen LogP contribution >= 0.6 is 11.6 Å². The third-order valence-electron chi connectivity index (χ3n) is 3.60. The molecule has 0 saturated carbocycles. The second-order valence-electron chi connectivity index (χ2n) is 5.34. The Morgan fingerprint density at radius 1 is 1.29 bits per heavy atom. The van der Waals surface area contributed by atoms with Crippen molar-refractivity contribution in [3.8, 4) is 0 Å². The molecule has 0 aliphatic heterocycles. The van der Waals surface area contributed by atoms with Gasteiger partial charge in [0.25, 0.3) is 0 Å². The fourth-order valence-corrected chi connectivity index (χ4v) is 2.76. The van der Waals surface area contributed by atoms with Gasteiger partial charge in [-0.1, -0.05) is 36.7 Å². The number of nitrogens with zero attached hydrogens (tertiary/aromatic N) is 2. The van der Waals surface area contributed by atoms with Gasteiger partial charge in [-0.3, -0.25) is 4.98 Å². The van der Waals surface area contributed by atoms with Crippen molar-refractivity contribution < 1.29 is 0 Å². The Balaban J connectivity index is 2.24. The van der Waals surface area contributed by atoms with Crippen LogP contribution in [0.2, 0.25) is 5.02 Å². The number of aromatic nitrogens is 1. The topological polar surface area (TPSA) is 42.1 Å². The zero-order valence-electron chi connectivity index (χ0n) is 12.6. The molecule has 0 aliphatic carbocycles. The van der Waals surface area contributed by atoms with E-state index >= 15 is 0 Å². The van der Waals surface area contributed by atoms with Gasteiger partial charge in [-0.2, -0.15) is 0 Å². The third kappa shape index (κ3) is 4.19. The number of para-hydroxylation sites is 1. The maximum atomic E-state index is 6.42. The largest absolute Gasteiger partial charge is 0.369 e. The molecule has 0 radical (unpaired) electrons. The molecule has 4 heteroatoms. The van der Waals surface area contributed by atoms with E-state index in [1.165, 1.54) is 5.56 Å². The molecule has 1 atom stereocenters. The van der Waals surface area contributed by atoms with E-state index in [-0.39, 0.29) is 6.04 Å². The molecule has 0 fully saturated rings. The molecule has 1 aromatic carbocycles. The Bertz CT molecular complexity index is 572. The molecule has 0 aliphatic rings. The van der Waals surface area contributed by atoms with Crippen molar-refractivity contribution in [2.24, 2.45) is 5.73 Å². The minimum atomic E-state index is 0.161. The lowest BCUT2D eigenvalue weighted by Gasteiger charge is -2.25. The van der Waals surface area contributed by atoms with E-state index in [0.29, 0.717) is 0 Å². The van der Waals surface area contributed by atoms with Crippen LogP contribution in [0.15, 0.2) is 42.7 Å². The summed E-state index contributed by atoms with van der Waals surface area (Å²) in [5.74, 6) is 0. The number of benzene rings is 1. The van der Waals surface area contributed by atoms with E-state index in [0.717, 1.165) is 35.7 Å². The molecular formula is C17H22ClN3. The fourth-order valence-electron chi connectivity index (χ4n) is 2.42. The number of hydrogen-bond donors (Lipinski definition) is 1. The van der Waals surface area contributed by atoms with Crippen molar-refractivity contribution in [3.63, 3.8) is 0 Å². The minimum Gasteiger partial charge on any atom is -0.369 e. The number of halogens is 1. The highest BCUT2D eigenvalue weighted by atomic mass is 35.5. The first-order chi connectivity index (χ1) is 10.1. The average Bonchev–Trinajstić information content (AvgIpc) is 2.48. The van der Waals surface area contributed by atoms with Gasteiger partial charge in [0.05, 0.1) is 10.7 Å². The number of anilines is 1. The number of nitrogens with two attached hydrogens (primary N) is 1. The van der Waals surface area contributed by atoms with Crippen LogP contribution in [0, 0.1) is 0 Å². The van der Waals surface area contributed by atoms with E-state index in [2.05, 4.69) is 36.0 Å². The second-order valence-corrected chi connectivity index (χ2v) is 5.74. The van der Waals surface area contributed by atoms with Crippen LogP contribution in [0.25, 0.3) is 0 Å².